The third kappa shape index (κ3) is 3.54. The highest BCUT2D eigenvalue weighted by Gasteiger charge is 2.25. The van der Waals surface area contributed by atoms with Crippen LogP contribution in [0.25, 0.3) is 21.7 Å². The molecule has 1 atom stereocenters. The van der Waals surface area contributed by atoms with Crippen LogP contribution in [0.5, 0.6) is 0 Å². The van der Waals surface area contributed by atoms with Crippen LogP contribution >= 0.6 is 34.5 Å². The van der Waals surface area contributed by atoms with Gasteiger partial charge in [0.15, 0.2) is 0 Å². The number of hydrogen-bond donors (Lipinski definition) is 1. The van der Waals surface area contributed by atoms with Crippen LogP contribution in [-0.4, -0.2) is 14.7 Å². The minimum Gasteiger partial charge on any atom is -0.383 e. The lowest BCUT2D eigenvalue weighted by molar-refractivity contribution is 0.221. The molecule has 6 heteroatoms. The molecule has 3 aromatic heterocycles. The Balaban J connectivity index is 1.96. The van der Waals surface area contributed by atoms with Gasteiger partial charge >= 0.3 is 0 Å². The van der Waals surface area contributed by atoms with Gasteiger partial charge in [-0.1, -0.05) is 41.4 Å². The van der Waals surface area contributed by atoms with E-state index in [1.54, 1.807) is 12.4 Å². The van der Waals surface area contributed by atoms with E-state index in [1.807, 2.05) is 66.3 Å². The summed E-state index contributed by atoms with van der Waals surface area (Å²) in [4.78, 5) is 5.16. The van der Waals surface area contributed by atoms with Gasteiger partial charge in [-0.15, -0.1) is 11.3 Å². The number of aliphatic hydroxyl groups excluding tert-OH is 1. The number of pyridine rings is 1. The van der Waals surface area contributed by atoms with Crippen molar-refractivity contribution in [3.05, 3.63) is 87.6 Å². The summed E-state index contributed by atoms with van der Waals surface area (Å²) >= 11 is 13.7. The molecule has 4 rings (SSSR count). The first kappa shape index (κ1) is 18.3. The van der Waals surface area contributed by atoms with Crippen LogP contribution in [0.2, 0.25) is 9.36 Å². The maximum Gasteiger partial charge on any atom is 0.108 e. The molecule has 0 aliphatic heterocycles. The van der Waals surface area contributed by atoms with Gasteiger partial charge in [-0.2, -0.15) is 0 Å². The van der Waals surface area contributed by atoms with Crippen LogP contribution in [0.1, 0.15) is 17.2 Å². The van der Waals surface area contributed by atoms with E-state index in [0.717, 1.165) is 32.8 Å². The molecule has 0 fully saturated rings. The maximum atomic E-state index is 11.2. The van der Waals surface area contributed by atoms with Gasteiger partial charge in [0.2, 0.25) is 0 Å². The van der Waals surface area contributed by atoms with E-state index in [4.69, 9.17) is 23.2 Å². The highest BCUT2D eigenvalue weighted by Crippen LogP contribution is 2.43. The van der Waals surface area contributed by atoms with Gasteiger partial charge in [-0.25, -0.2) is 0 Å². The highest BCUT2D eigenvalue weighted by atomic mass is 35.5. The smallest absolute Gasteiger partial charge is 0.108 e. The summed E-state index contributed by atoms with van der Waals surface area (Å²) in [5.41, 5.74) is 4.43. The molecule has 136 valence electrons. The summed E-state index contributed by atoms with van der Waals surface area (Å²) in [6.07, 6.45) is 4.60. The van der Waals surface area contributed by atoms with Gasteiger partial charge in [0.05, 0.1) is 10.0 Å². The number of benzene rings is 1. The van der Waals surface area contributed by atoms with Gasteiger partial charge in [0, 0.05) is 52.2 Å². The van der Waals surface area contributed by atoms with Crippen LogP contribution in [0.3, 0.4) is 0 Å². The van der Waals surface area contributed by atoms with Crippen molar-refractivity contribution in [1.82, 2.24) is 9.55 Å². The summed E-state index contributed by atoms with van der Waals surface area (Å²) in [7, 11) is 1.97. The first-order valence-corrected chi connectivity index (χ1v) is 9.90. The highest BCUT2D eigenvalue weighted by molar-refractivity contribution is 7.19. The largest absolute Gasteiger partial charge is 0.383 e. The number of halogens is 2. The Bertz CT molecular complexity index is 1070. The molecular weight excluding hydrogens is 399 g/mol. The van der Waals surface area contributed by atoms with Crippen molar-refractivity contribution >= 4 is 34.5 Å². The summed E-state index contributed by atoms with van der Waals surface area (Å²) in [5, 5.41) is 11.9. The monoisotopic (exact) mass is 414 g/mol. The minimum atomic E-state index is -0.818. The molecule has 0 spiro atoms. The van der Waals surface area contributed by atoms with Crippen molar-refractivity contribution in [2.24, 2.45) is 7.05 Å². The molecule has 0 amide bonds. The lowest BCUT2D eigenvalue weighted by Crippen LogP contribution is -2.03. The Kier molecular flexibility index (Phi) is 5.06. The molecule has 27 heavy (non-hydrogen) atoms. The van der Waals surface area contributed by atoms with Gasteiger partial charge in [0.25, 0.3) is 0 Å². The molecule has 3 heterocycles. The van der Waals surface area contributed by atoms with E-state index in [-0.39, 0.29) is 0 Å². The normalized spacial score (nSPS) is 12.3. The van der Waals surface area contributed by atoms with Crippen molar-refractivity contribution in [2.75, 3.05) is 0 Å². The first-order chi connectivity index (χ1) is 13.0. The molecule has 0 saturated heterocycles. The van der Waals surface area contributed by atoms with Crippen LogP contribution in [0, 0.1) is 0 Å². The fraction of sp³-hybridized carbons (Fsp3) is 0.0952. The number of aryl methyl sites for hydroxylation is 1. The summed E-state index contributed by atoms with van der Waals surface area (Å²) in [5.74, 6) is 0. The van der Waals surface area contributed by atoms with Gasteiger partial charge < -0.3 is 9.67 Å². The number of rotatable bonds is 4. The molecular formula is C21H16Cl2N2OS. The zero-order valence-corrected chi connectivity index (χ0v) is 16.8. The second kappa shape index (κ2) is 7.49. The third-order valence-corrected chi connectivity index (χ3v) is 5.97. The van der Waals surface area contributed by atoms with Crippen LogP contribution in [0.4, 0.5) is 0 Å². The Morgan fingerprint density at radius 1 is 1.07 bits per heavy atom. The molecule has 4 aromatic rings. The lowest BCUT2D eigenvalue weighted by atomic mass is 9.95. The van der Waals surface area contributed by atoms with Crippen molar-refractivity contribution in [3.63, 3.8) is 0 Å². The quantitative estimate of drug-likeness (QED) is 0.431. The average molecular weight is 415 g/mol. The molecule has 0 saturated carbocycles. The Morgan fingerprint density at radius 3 is 2.48 bits per heavy atom. The topological polar surface area (TPSA) is 38.0 Å². The molecule has 1 aromatic carbocycles. The number of thiophene rings is 1. The molecule has 1 N–H and O–H groups in total. The molecule has 0 radical (unpaired) electrons. The molecule has 0 aliphatic carbocycles. The second-order valence-electron chi connectivity index (χ2n) is 6.22. The number of nitrogens with zero attached hydrogens (tertiary/aromatic N) is 2. The van der Waals surface area contributed by atoms with Gasteiger partial charge in [-0.3, -0.25) is 4.98 Å². The van der Waals surface area contributed by atoms with Crippen molar-refractivity contribution in [2.45, 2.75) is 6.10 Å². The number of aliphatic hydroxyl groups is 1. The predicted molar refractivity (Wildman–Crippen MR) is 112 cm³/mol. The molecule has 3 nitrogen and oxygen atoms in total. The Labute approximate surface area is 171 Å². The second-order valence-corrected chi connectivity index (χ2v) is 8.37. The van der Waals surface area contributed by atoms with Crippen LogP contribution in [-0.2, 0) is 7.05 Å². The SMILES string of the molecule is Cn1cc(-c2ccc(Cl)s2)c(C(O)c2cccnc2)c1-c1ccc(Cl)cc1. The number of aromatic nitrogens is 2. The van der Waals surface area contributed by atoms with Crippen LogP contribution < -0.4 is 0 Å². The van der Waals surface area contributed by atoms with E-state index >= 15 is 0 Å². The summed E-state index contributed by atoms with van der Waals surface area (Å²) in [6.45, 7) is 0. The van der Waals surface area contributed by atoms with Crippen LogP contribution in [0.15, 0.2) is 67.1 Å². The van der Waals surface area contributed by atoms with E-state index in [2.05, 4.69) is 4.98 Å². The zero-order valence-electron chi connectivity index (χ0n) is 14.4. The summed E-state index contributed by atoms with van der Waals surface area (Å²) in [6, 6.07) is 15.2. The zero-order chi connectivity index (χ0) is 19.0. The Morgan fingerprint density at radius 2 is 1.85 bits per heavy atom. The third-order valence-electron chi connectivity index (χ3n) is 4.45. The lowest BCUT2D eigenvalue weighted by Gasteiger charge is -2.16. The first-order valence-electron chi connectivity index (χ1n) is 8.33. The molecule has 0 bridgehead atoms. The van der Waals surface area contributed by atoms with Gasteiger partial charge in [0.1, 0.15) is 6.10 Å². The summed E-state index contributed by atoms with van der Waals surface area (Å²) < 4.78 is 2.74. The maximum absolute atomic E-state index is 11.2. The van der Waals surface area contributed by atoms with Crippen molar-refractivity contribution in [3.8, 4) is 21.7 Å². The standard InChI is InChI=1S/C21H16Cl2N2OS/c1-25-12-16(17-8-9-18(23)27-17)19(21(26)14-3-2-10-24-11-14)20(25)13-4-6-15(22)7-5-13/h2-12,21,26H,1H3. The minimum absolute atomic E-state index is 0.674. The van der Waals surface area contributed by atoms with E-state index < -0.39 is 6.10 Å². The fourth-order valence-electron chi connectivity index (χ4n) is 3.25. The molecule has 1 unspecified atom stereocenters. The number of hydrogen-bond acceptors (Lipinski definition) is 3. The fourth-order valence-corrected chi connectivity index (χ4v) is 4.44. The van der Waals surface area contributed by atoms with E-state index in [0.29, 0.717) is 9.36 Å². The average Bonchev–Trinajstić information content (AvgIpc) is 3.26. The van der Waals surface area contributed by atoms with Gasteiger partial charge in [-0.05, 0) is 35.9 Å². The van der Waals surface area contributed by atoms with E-state index in [9.17, 15) is 5.11 Å². The van der Waals surface area contributed by atoms with Crippen molar-refractivity contribution < 1.29 is 5.11 Å². The predicted octanol–water partition coefficient (Wildman–Crippen LogP) is 6.20. The van der Waals surface area contributed by atoms with Crippen molar-refractivity contribution in [1.29, 1.82) is 0 Å². The Hall–Kier alpha value is -2.11. The van der Waals surface area contributed by atoms with E-state index in [1.165, 1.54) is 11.3 Å². The molecule has 0 aliphatic rings.